The summed E-state index contributed by atoms with van der Waals surface area (Å²) in [5, 5.41) is 21.9. The highest BCUT2D eigenvalue weighted by Crippen LogP contribution is 2.28. The Morgan fingerprint density at radius 3 is 2.40 bits per heavy atom. The van der Waals surface area contributed by atoms with Crippen molar-refractivity contribution in [2.24, 2.45) is 5.92 Å². The molecule has 7 nitrogen and oxygen atoms in total. The molecule has 0 aromatic rings. The summed E-state index contributed by atoms with van der Waals surface area (Å²) < 4.78 is 9.96. The van der Waals surface area contributed by atoms with E-state index < -0.39 is 41.8 Å². The second kappa shape index (κ2) is 6.41. The fraction of sp³-hybridized carbons (Fsp3) is 0.846. The van der Waals surface area contributed by atoms with Gasteiger partial charge in [0.05, 0.1) is 24.7 Å². The Morgan fingerprint density at radius 1 is 1.30 bits per heavy atom. The number of carbonyl (C=O) groups excluding carboxylic acids is 2. The zero-order valence-corrected chi connectivity index (χ0v) is 12.3. The lowest BCUT2D eigenvalue weighted by atomic mass is 10.0. The Bertz CT molecular complexity index is 364. The summed E-state index contributed by atoms with van der Waals surface area (Å²) in [4.78, 5) is 23.5. The number of aliphatic hydroxyl groups is 2. The first-order valence-corrected chi connectivity index (χ1v) is 6.68. The number of esters is 1. The maximum atomic E-state index is 11.8. The molecule has 0 aromatic heterocycles. The molecule has 4 atom stereocenters. The molecule has 116 valence electrons. The second-order valence-electron chi connectivity index (χ2n) is 5.82. The van der Waals surface area contributed by atoms with Crippen LogP contribution in [0.2, 0.25) is 0 Å². The van der Waals surface area contributed by atoms with Gasteiger partial charge in [0, 0.05) is 0 Å². The van der Waals surface area contributed by atoms with Crippen LogP contribution in [0.3, 0.4) is 0 Å². The van der Waals surface area contributed by atoms with Crippen molar-refractivity contribution in [3.63, 3.8) is 0 Å². The number of carbonyl (C=O) groups is 2. The summed E-state index contributed by atoms with van der Waals surface area (Å²) >= 11 is 0. The minimum absolute atomic E-state index is 0.0421. The molecule has 1 amide bonds. The molecule has 1 rings (SSSR count). The van der Waals surface area contributed by atoms with E-state index in [1.165, 1.54) is 0 Å². The average Bonchev–Trinajstić information content (AvgIpc) is 2.55. The van der Waals surface area contributed by atoms with Crippen LogP contribution in [-0.4, -0.2) is 52.7 Å². The molecule has 1 aliphatic carbocycles. The first kappa shape index (κ1) is 16.7. The van der Waals surface area contributed by atoms with Crippen LogP contribution in [-0.2, 0) is 14.3 Å². The smallest absolute Gasteiger partial charge is 0.407 e. The van der Waals surface area contributed by atoms with Gasteiger partial charge < -0.3 is 25.0 Å². The fourth-order valence-corrected chi connectivity index (χ4v) is 2.15. The Labute approximate surface area is 118 Å². The summed E-state index contributed by atoms with van der Waals surface area (Å²) in [5.41, 5.74) is -0.689. The Kier molecular flexibility index (Phi) is 5.35. The molecule has 1 saturated carbocycles. The molecule has 20 heavy (non-hydrogen) atoms. The molecule has 0 spiro atoms. The second-order valence-corrected chi connectivity index (χ2v) is 5.82. The summed E-state index contributed by atoms with van der Waals surface area (Å²) in [5.74, 6) is -1.34. The van der Waals surface area contributed by atoms with Gasteiger partial charge in [0.1, 0.15) is 11.7 Å². The van der Waals surface area contributed by atoms with Gasteiger partial charge >= 0.3 is 12.1 Å². The van der Waals surface area contributed by atoms with E-state index in [1.807, 2.05) is 0 Å². The number of rotatable bonds is 3. The van der Waals surface area contributed by atoms with Gasteiger partial charge in [0.2, 0.25) is 0 Å². The van der Waals surface area contributed by atoms with Crippen molar-refractivity contribution in [2.45, 2.75) is 58.0 Å². The highest BCUT2D eigenvalue weighted by Gasteiger charge is 2.47. The van der Waals surface area contributed by atoms with Gasteiger partial charge in [-0.05, 0) is 34.1 Å². The molecule has 0 radical (unpaired) electrons. The first-order chi connectivity index (χ1) is 9.15. The maximum absolute atomic E-state index is 11.8. The molecule has 1 fully saturated rings. The zero-order chi connectivity index (χ0) is 15.5. The van der Waals surface area contributed by atoms with E-state index in [2.05, 4.69) is 5.32 Å². The van der Waals surface area contributed by atoms with Crippen LogP contribution >= 0.6 is 0 Å². The van der Waals surface area contributed by atoms with Crippen molar-refractivity contribution in [1.82, 2.24) is 5.32 Å². The molecule has 3 N–H and O–H groups in total. The van der Waals surface area contributed by atoms with Crippen LogP contribution < -0.4 is 5.32 Å². The molecule has 7 heteroatoms. The SMILES string of the molecule is CCOC(=O)[C@@H]1C[C@@H](O)[C@@H](O)[C@H]1NC(=O)OC(C)(C)C. The van der Waals surface area contributed by atoms with Crippen LogP contribution in [0.5, 0.6) is 0 Å². The van der Waals surface area contributed by atoms with Crippen molar-refractivity contribution >= 4 is 12.1 Å². The number of aliphatic hydroxyl groups excluding tert-OH is 2. The third-order valence-corrected chi connectivity index (χ3v) is 2.96. The normalized spacial score (nSPS) is 29.9. The number of alkyl carbamates (subject to hydrolysis) is 1. The third kappa shape index (κ3) is 4.35. The van der Waals surface area contributed by atoms with Gasteiger partial charge in [-0.15, -0.1) is 0 Å². The van der Waals surface area contributed by atoms with Crippen LogP contribution in [0.15, 0.2) is 0 Å². The number of amides is 1. The Hall–Kier alpha value is -1.34. The van der Waals surface area contributed by atoms with Gasteiger partial charge in [-0.2, -0.15) is 0 Å². The van der Waals surface area contributed by atoms with Gasteiger partial charge in [-0.3, -0.25) is 4.79 Å². The van der Waals surface area contributed by atoms with Crippen LogP contribution in [0.25, 0.3) is 0 Å². The lowest BCUT2D eigenvalue weighted by Crippen LogP contribution is -2.49. The number of hydrogen-bond donors (Lipinski definition) is 3. The average molecular weight is 289 g/mol. The van der Waals surface area contributed by atoms with E-state index in [1.54, 1.807) is 27.7 Å². The summed E-state index contributed by atoms with van der Waals surface area (Å²) in [7, 11) is 0. The van der Waals surface area contributed by atoms with E-state index in [-0.39, 0.29) is 13.0 Å². The number of hydrogen-bond acceptors (Lipinski definition) is 6. The van der Waals surface area contributed by atoms with Crippen molar-refractivity contribution in [3.8, 4) is 0 Å². The van der Waals surface area contributed by atoms with E-state index in [9.17, 15) is 19.8 Å². The van der Waals surface area contributed by atoms with Crippen molar-refractivity contribution in [2.75, 3.05) is 6.61 Å². The summed E-state index contributed by atoms with van der Waals surface area (Å²) in [6, 6.07) is -0.918. The van der Waals surface area contributed by atoms with E-state index in [4.69, 9.17) is 9.47 Å². The molecule has 0 aromatic carbocycles. The van der Waals surface area contributed by atoms with E-state index >= 15 is 0 Å². The molecule has 0 heterocycles. The molecular weight excluding hydrogens is 266 g/mol. The van der Waals surface area contributed by atoms with Crippen molar-refractivity contribution < 1.29 is 29.3 Å². The molecular formula is C13H23NO6. The van der Waals surface area contributed by atoms with Crippen LogP contribution in [0.1, 0.15) is 34.1 Å². The van der Waals surface area contributed by atoms with Crippen molar-refractivity contribution in [1.29, 1.82) is 0 Å². The number of ether oxygens (including phenoxy) is 2. The standard InChI is InChI=1S/C13H23NO6/c1-5-19-11(17)7-6-8(15)10(16)9(7)14-12(18)20-13(2,3)4/h7-10,15-16H,5-6H2,1-4H3,(H,14,18)/t7-,8-,9+,10-/m1/s1. The predicted octanol–water partition coefficient (Wildman–Crippen LogP) is 0.184. The van der Waals surface area contributed by atoms with Crippen LogP contribution in [0, 0.1) is 5.92 Å². The predicted molar refractivity (Wildman–Crippen MR) is 69.9 cm³/mol. The molecule has 0 aliphatic heterocycles. The highest BCUT2D eigenvalue weighted by atomic mass is 16.6. The van der Waals surface area contributed by atoms with Gasteiger partial charge in [-0.1, -0.05) is 0 Å². The molecule has 0 bridgehead atoms. The largest absolute Gasteiger partial charge is 0.466 e. The molecule has 0 unspecified atom stereocenters. The van der Waals surface area contributed by atoms with E-state index in [0.717, 1.165) is 0 Å². The lowest BCUT2D eigenvalue weighted by Gasteiger charge is -2.25. The maximum Gasteiger partial charge on any atom is 0.407 e. The zero-order valence-electron chi connectivity index (χ0n) is 12.3. The minimum atomic E-state index is -1.23. The van der Waals surface area contributed by atoms with E-state index in [0.29, 0.717) is 0 Å². The first-order valence-electron chi connectivity index (χ1n) is 6.68. The summed E-state index contributed by atoms with van der Waals surface area (Å²) in [6.07, 6.45) is -3.01. The van der Waals surface area contributed by atoms with Gasteiger partial charge in [-0.25, -0.2) is 4.79 Å². The Morgan fingerprint density at radius 2 is 1.90 bits per heavy atom. The van der Waals surface area contributed by atoms with Crippen molar-refractivity contribution in [3.05, 3.63) is 0 Å². The minimum Gasteiger partial charge on any atom is -0.466 e. The lowest BCUT2D eigenvalue weighted by molar-refractivity contribution is -0.148. The topological polar surface area (TPSA) is 105 Å². The van der Waals surface area contributed by atoms with Crippen LogP contribution in [0.4, 0.5) is 4.79 Å². The summed E-state index contributed by atoms with van der Waals surface area (Å²) in [6.45, 7) is 6.97. The highest BCUT2D eigenvalue weighted by molar-refractivity contribution is 5.76. The molecule has 0 saturated heterocycles. The Balaban J connectivity index is 2.72. The molecule has 1 aliphatic rings. The van der Waals surface area contributed by atoms with Gasteiger partial charge in [0.25, 0.3) is 0 Å². The quantitative estimate of drug-likeness (QED) is 0.640. The third-order valence-electron chi connectivity index (χ3n) is 2.96. The van der Waals surface area contributed by atoms with Gasteiger partial charge in [0.15, 0.2) is 0 Å². The number of nitrogens with one attached hydrogen (secondary N) is 1. The monoisotopic (exact) mass is 289 g/mol. The fourth-order valence-electron chi connectivity index (χ4n) is 2.15.